The molecule has 3 atom stereocenters. The maximum atomic E-state index is 11.7. The van der Waals surface area contributed by atoms with Crippen LogP contribution in [0.3, 0.4) is 0 Å². The lowest BCUT2D eigenvalue weighted by Crippen LogP contribution is -2.34. The van der Waals surface area contributed by atoms with Gasteiger partial charge < -0.3 is 15.8 Å². The number of hydrogen-bond acceptors (Lipinski definition) is 3. The Labute approximate surface area is 89.9 Å². The summed E-state index contributed by atoms with van der Waals surface area (Å²) < 4.78 is 5.25. The van der Waals surface area contributed by atoms with Crippen LogP contribution in [0, 0.1) is 11.8 Å². The highest BCUT2D eigenvalue weighted by molar-refractivity contribution is 5.81. The Morgan fingerprint density at radius 3 is 3.00 bits per heavy atom. The molecule has 1 fully saturated rings. The Hall–Kier alpha value is -0.870. The summed E-state index contributed by atoms with van der Waals surface area (Å²) in [7, 11) is 0. The van der Waals surface area contributed by atoms with Crippen molar-refractivity contribution in [1.82, 2.24) is 5.32 Å². The molecular weight excluding hydrogens is 192 g/mol. The van der Waals surface area contributed by atoms with Crippen molar-refractivity contribution in [3.05, 3.63) is 12.2 Å². The summed E-state index contributed by atoms with van der Waals surface area (Å²) in [5.41, 5.74) is 5.69. The van der Waals surface area contributed by atoms with Crippen LogP contribution in [0.4, 0.5) is 0 Å². The van der Waals surface area contributed by atoms with Crippen molar-refractivity contribution in [2.24, 2.45) is 17.6 Å². The third-order valence-corrected chi connectivity index (χ3v) is 3.04. The van der Waals surface area contributed by atoms with E-state index >= 15 is 0 Å². The van der Waals surface area contributed by atoms with E-state index < -0.39 is 0 Å². The minimum Gasteiger partial charge on any atom is -0.381 e. The van der Waals surface area contributed by atoms with Gasteiger partial charge in [0, 0.05) is 25.1 Å². The molecule has 2 rings (SSSR count). The van der Waals surface area contributed by atoms with Crippen LogP contribution < -0.4 is 11.1 Å². The van der Waals surface area contributed by atoms with Gasteiger partial charge in [-0.05, 0) is 12.8 Å². The molecule has 3 N–H and O–H groups in total. The van der Waals surface area contributed by atoms with Gasteiger partial charge in [-0.2, -0.15) is 0 Å². The predicted octanol–water partition coefficient (Wildman–Crippen LogP) is 0.0425. The van der Waals surface area contributed by atoms with E-state index in [2.05, 4.69) is 5.32 Å². The summed E-state index contributed by atoms with van der Waals surface area (Å²) in [5.74, 6) is 0.571. The molecule has 4 heteroatoms. The van der Waals surface area contributed by atoms with Crippen LogP contribution in [0.5, 0.6) is 0 Å². The summed E-state index contributed by atoms with van der Waals surface area (Å²) in [6, 6.07) is 0.0514. The van der Waals surface area contributed by atoms with Crippen LogP contribution in [-0.4, -0.2) is 31.7 Å². The monoisotopic (exact) mass is 210 g/mol. The number of rotatable bonds is 3. The Morgan fingerprint density at radius 1 is 1.53 bits per heavy atom. The average molecular weight is 210 g/mol. The lowest BCUT2D eigenvalue weighted by molar-refractivity contribution is -0.123. The van der Waals surface area contributed by atoms with Gasteiger partial charge in [0.05, 0.1) is 12.5 Å². The first-order valence-corrected chi connectivity index (χ1v) is 5.55. The number of hydrogen-bond donors (Lipinski definition) is 2. The minimum absolute atomic E-state index is 0.0256. The molecule has 84 valence electrons. The fourth-order valence-corrected chi connectivity index (χ4v) is 2.04. The second kappa shape index (κ2) is 4.77. The normalized spacial score (nSPS) is 34.6. The van der Waals surface area contributed by atoms with Crippen LogP contribution in [0.1, 0.15) is 12.8 Å². The van der Waals surface area contributed by atoms with E-state index in [1.165, 1.54) is 0 Å². The molecule has 0 saturated carbocycles. The first-order valence-electron chi connectivity index (χ1n) is 5.55. The highest BCUT2D eigenvalue weighted by atomic mass is 16.5. The molecule has 1 aliphatic heterocycles. The number of nitrogens with one attached hydrogen (secondary N) is 1. The van der Waals surface area contributed by atoms with Crippen LogP contribution in [0.25, 0.3) is 0 Å². The third kappa shape index (κ3) is 2.79. The molecule has 1 aliphatic carbocycles. The van der Waals surface area contributed by atoms with E-state index in [4.69, 9.17) is 10.5 Å². The fourth-order valence-electron chi connectivity index (χ4n) is 2.04. The molecule has 0 bridgehead atoms. The SMILES string of the molecule is NC1C=CC(C(=O)NCC2CCOC2)C1. The predicted molar refractivity (Wildman–Crippen MR) is 57.2 cm³/mol. The Bertz CT molecular complexity index is 259. The molecule has 4 nitrogen and oxygen atoms in total. The second-order valence-electron chi connectivity index (χ2n) is 4.37. The molecule has 1 heterocycles. The van der Waals surface area contributed by atoms with E-state index in [0.717, 1.165) is 32.6 Å². The Morgan fingerprint density at radius 2 is 2.40 bits per heavy atom. The first-order chi connectivity index (χ1) is 7.25. The van der Waals surface area contributed by atoms with Gasteiger partial charge in [-0.15, -0.1) is 0 Å². The van der Waals surface area contributed by atoms with Crippen LogP contribution >= 0.6 is 0 Å². The van der Waals surface area contributed by atoms with E-state index in [9.17, 15) is 4.79 Å². The van der Waals surface area contributed by atoms with Gasteiger partial charge >= 0.3 is 0 Å². The molecule has 0 radical (unpaired) electrons. The summed E-state index contributed by atoms with van der Waals surface area (Å²) >= 11 is 0. The second-order valence-corrected chi connectivity index (χ2v) is 4.37. The van der Waals surface area contributed by atoms with Crippen molar-refractivity contribution in [2.75, 3.05) is 19.8 Å². The topological polar surface area (TPSA) is 64.4 Å². The standard InChI is InChI=1S/C11H18N2O2/c12-10-2-1-9(5-10)11(14)13-6-8-3-4-15-7-8/h1-2,8-10H,3-7,12H2,(H,13,14). The zero-order chi connectivity index (χ0) is 10.7. The maximum absolute atomic E-state index is 11.7. The molecule has 2 aliphatic rings. The van der Waals surface area contributed by atoms with E-state index in [0.29, 0.717) is 5.92 Å². The number of amides is 1. The molecule has 0 aromatic carbocycles. The van der Waals surface area contributed by atoms with Crippen molar-refractivity contribution in [2.45, 2.75) is 18.9 Å². The average Bonchev–Trinajstić information content (AvgIpc) is 2.84. The van der Waals surface area contributed by atoms with Crippen LogP contribution in [0.2, 0.25) is 0 Å². The molecule has 3 unspecified atom stereocenters. The summed E-state index contributed by atoms with van der Waals surface area (Å²) in [4.78, 5) is 11.7. The van der Waals surface area contributed by atoms with E-state index in [1.807, 2.05) is 12.2 Å². The van der Waals surface area contributed by atoms with Gasteiger partial charge in [0.2, 0.25) is 5.91 Å². The Kier molecular flexibility index (Phi) is 3.38. The molecule has 0 spiro atoms. The third-order valence-electron chi connectivity index (χ3n) is 3.04. The van der Waals surface area contributed by atoms with Gasteiger partial charge in [-0.1, -0.05) is 12.2 Å². The van der Waals surface area contributed by atoms with Crippen molar-refractivity contribution < 1.29 is 9.53 Å². The van der Waals surface area contributed by atoms with Gasteiger partial charge in [-0.25, -0.2) is 0 Å². The molecule has 1 amide bonds. The zero-order valence-electron chi connectivity index (χ0n) is 8.82. The smallest absolute Gasteiger partial charge is 0.227 e. The minimum atomic E-state index is -0.0256. The zero-order valence-corrected chi connectivity index (χ0v) is 8.82. The molecule has 0 aromatic rings. The van der Waals surface area contributed by atoms with E-state index in [1.54, 1.807) is 0 Å². The van der Waals surface area contributed by atoms with Crippen LogP contribution in [0.15, 0.2) is 12.2 Å². The molecule has 15 heavy (non-hydrogen) atoms. The summed E-state index contributed by atoms with van der Waals surface area (Å²) in [6.07, 6.45) is 5.61. The lowest BCUT2D eigenvalue weighted by Gasteiger charge is -2.13. The van der Waals surface area contributed by atoms with Crippen molar-refractivity contribution in [3.8, 4) is 0 Å². The van der Waals surface area contributed by atoms with E-state index in [-0.39, 0.29) is 17.9 Å². The van der Waals surface area contributed by atoms with Crippen LogP contribution in [-0.2, 0) is 9.53 Å². The number of carbonyl (C=O) groups is 1. The first kappa shape index (κ1) is 10.6. The van der Waals surface area contributed by atoms with Crippen molar-refractivity contribution >= 4 is 5.91 Å². The number of carbonyl (C=O) groups excluding carboxylic acids is 1. The summed E-state index contributed by atoms with van der Waals surface area (Å²) in [6.45, 7) is 2.34. The lowest BCUT2D eigenvalue weighted by atomic mass is 10.1. The van der Waals surface area contributed by atoms with Gasteiger partial charge in [-0.3, -0.25) is 4.79 Å². The quantitative estimate of drug-likeness (QED) is 0.647. The summed E-state index contributed by atoms with van der Waals surface area (Å²) in [5, 5.41) is 2.96. The highest BCUT2D eigenvalue weighted by Gasteiger charge is 2.23. The number of ether oxygens (including phenoxy) is 1. The molecular formula is C11H18N2O2. The number of nitrogens with two attached hydrogens (primary N) is 1. The van der Waals surface area contributed by atoms with Gasteiger partial charge in [0.15, 0.2) is 0 Å². The fraction of sp³-hybridized carbons (Fsp3) is 0.727. The van der Waals surface area contributed by atoms with Gasteiger partial charge in [0.1, 0.15) is 0 Å². The Balaban J connectivity index is 1.70. The molecule has 0 aromatic heterocycles. The largest absolute Gasteiger partial charge is 0.381 e. The molecule has 1 saturated heterocycles. The van der Waals surface area contributed by atoms with Crippen molar-refractivity contribution in [1.29, 1.82) is 0 Å². The van der Waals surface area contributed by atoms with Crippen molar-refractivity contribution in [3.63, 3.8) is 0 Å². The highest BCUT2D eigenvalue weighted by Crippen LogP contribution is 2.17. The van der Waals surface area contributed by atoms with Gasteiger partial charge in [0.25, 0.3) is 0 Å². The maximum Gasteiger partial charge on any atom is 0.227 e.